The van der Waals surface area contributed by atoms with E-state index in [9.17, 15) is 0 Å². The lowest BCUT2D eigenvalue weighted by Gasteiger charge is -2.04. The molecule has 64 valence electrons. The normalized spacial score (nSPS) is 9.75. The van der Waals surface area contributed by atoms with Gasteiger partial charge in [0.1, 0.15) is 0 Å². The molecule has 0 fully saturated rings. The van der Waals surface area contributed by atoms with Gasteiger partial charge in [0.25, 0.3) is 0 Å². The van der Waals surface area contributed by atoms with Crippen LogP contribution in [-0.2, 0) is 0 Å². The van der Waals surface area contributed by atoms with Gasteiger partial charge in [-0.05, 0) is 24.6 Å². The molecular weight excluding hydrogens is 156 g/mol. The van der Waals surface area contributed by atoms with Gasteiger partial charge in [-0.15, -0.1) is 0 Å². The highest BCUT2D eigenvalue weighted by atomic mass is 16.3. The van der Waals surface area contributed by atoms with Gasteiger partial charge in [0.15, 0.2) is 17.2 Å². The summed E-state index contributed by atoms with van der Waals surface area (Å²) in [6, 6.07) is 2.69. The van der Waals surface area contributed by atoms with E-state index < -0.39 is 5.75 Å². The van der Waals surface area contributed by atoms with Crippen molar-refractivity contribution in [3.63, 3.8) is 0 Å². The molecule has 0 heterocycles. The highest BCUT2D eigenvalue weighted by Crippen LogP contribution is 2.36. The summed E-state index contributed by atoms with van der Waals surface area (Å²) in [5.74, 6) is -1.18. The molecule has 0 saturated heterocycles. The molecule has 0 aliphatic carbocycles. The largest absolute Gasteiger partial charge is 0.504 e. The maximum Gasteiger partial charge on any atom is 0.200 e. The Kier molecular flexibility index (Phi) is 1.95. The molecule has 0 unspecified atom stereocenters. The molecular formula is C9H10O3. The van der Waals surface area contributed by atoms with Crippen LogP contribution in [0.25, 0.3) is 5.57 Å². The summed E-state index contributed by atoms with van der Waals surface area (Å²) in [4.78, 5) is 0. The molecule has 0 radical (unpaired) electrons. The third-order valence-electron chi connectivity index (χ3n) is 1.56. The van der Waals surface area contributed by atoms with Gasteiger partial charge < -0.3 is 15.3 Å². The molecule has 3 heteroatoms. The fourth-order valence-electron chi connectivity index (χ4n) is 0.851. The van der Waals surface area contributed by atoms with Crippen molar-refractivity contribution in [1.29, 1.82) is 0 Å². The van der Waals surface area contributed by atoms with Gasteiger partial charge in [-0.1, -0.05) is 12.2 Å². The van der Waals surface area contributed by atoms with Crippen LogP contribution in [0.1, 0.15) is 12.5 Å². The first-order valence-corrected chi connectivity index (χ1v) is 3.43. The Morgan fingerprint density at radius 1 is 1.17 bits per heavy atom. The van der Waals surface area contributed by atoms with E-state index in [4.69, 9.17) is 15.3 Å². The number of phenolic OH excluding ortho intramolecular Hbond substituents is 3. The molecule has 0 saturated carbocycles. The predicted octanol–water partition coefficient (Wildman–Crippen LogP) is 1.84. The molecule has 3 N–H and O–H groups in total. The summed E-state index contributed by atoms with van der Waals surface area (Å²) >= 11 is 0. The van der Waals surface area contributed by atoms with E-state index in [1.165, 1.54) is 12.1 Å². The minimum Gasteiger partial charge on any atom is -0.504 e. The number of allylic oxidation sites excluding steroid dienone is 1. The zero-order valence-electron chi connectivity index (χ0n) is 6.70. The van der Waals surface area contributed by atoms with Crippen molar-refractivity contribution in [2.75, 3.05) is 0 Å². The number of benzene rings is 1. The Balaban J connectivity index is 3.31. The van der Waals surface area contributed by atoms with Crippen molar-refractivity contribution in [3.8, 4) is 17.2 Å². The fourth-order valence-corrected chi connectivity index (χ4v) is 0.851. The first-order valence-electron chi connectivity index (χ1n) is 3.43. The standard InChI is InChI=1S/C9H10O3/c1-5(2)6-3-7(10)9(12)8(11)4-6/h3-4,10-12H,1H2,2H3. The lowest BCUT2D eigenvalue weighted by molar-refractivity contribution is 0.367. The van der Waals surface area contributed by atoms with E-state index in [1.807, 2.05) is 0 Å². The topological polar surface area (TPSA) is 60.7 Å². The Morgan fingerprint density at radius 2 is 1.58 bits per heavy atom. The third kappa shape index (κ3) is 1.34. The van der Waals surface area contributed by atoms with Gasteiger partial charge in [0.2, 0.25) is 0 Å². The summed E-state index contributed by atoms with van der Waals surface area (Å²) in [6.07, 6.45) is 0. The average molecular weight is 166 g/mol. The van der Waals surface area contributed by atoms with Gasteiger partial charge in [-0.2, -0.15) is 0 Å². The van der Waals surface area contributed by atoms with Crippen LogP contribution in [0.2, 0.25) is 0 Å². The van der Waals surface area contributed by atoms with E-state index in [1.54, 1.807) is 6.92 Å². The van der Waals surface area contributed by atoms with Gasteiger partial charge in [0.05, 0.1) is 0 Å². The highest BCUT2D eigenvalue weighted by molar-refractivity contribution is 5.67. The lowest BCUT2D eigenvalue weighted by Crippen LogP contribution is -1.79. The maximum absolute atomic E-state index is 9.08. The van der Waals surface area contributed by atoms with Crippen molar-refractivity contribution >= 4 is 5.57 Å². The average Bonchev–Trinajstić information content (AvgIpc) is 1.99. The van der Waals surface area contributed by atoms with Crippen LogP contribution in [-0.4, -0.2) is 15.3 Å². The van der Waals surface area contributed by atoms with Crippen LogP contribution < -0.4 is 0 Å². The van der Waals surface area contributed by atoms with Crippen molar-refractivity contribution in [2.24, 2.45) is 0 Å². The number of hydrogen-bond donors (Lipinski definition) is 3. The Hall–Kier alpha value is -1.64. The van der Waals surface area contributed by atoms with Crippen molar-refractivity contribution in [3.05, 3.63) is 24.3 Å². The number of phenols is 3. The van der Waals surface area contributed by atoms with Crippen LogP contribution in [0.5, 0.6) is 17.2 Å². The maximum atomic E-state index is 9.08. The van der Waals surface area contributed by atoms with Crippen molar-refractivity contribution in [2.45, 2.75) is 6.92 Å². The number of rotatable bonds is 1. The monoisotopic (exact) mass is 166 g/mol. The first kappa shape index (κ1) is 8.46. The quantitative estimate of drug-likeness (QED) is 0.558. The highest BCUT2D eigenvalue weighted by Gasteiger charge is 2.07. The van der Waals surface area contributed by atoms with E-state index in [-0.39, 0.29) is 11.5 Å². The second kappa shape index (κ2) is 2.77. The molecule has 0 atom stereocenters. The summed E-state index contributed by atoms with van der Waals surface area (Å²) in [5.41, 5.74) is 1.31. The van der Waals surface area contributed by atoms with Crippen LogP contribution in [0.4, 0.5) is 0 Å². The molecule has 1 aromatic rings. The zero-order valence-corrected chi connectivity index (χ0v) is 6.70. The number of aromatic hydroxyl groups is 3. The molecule has 3 nitrogen and oxygen atoms in total. The summed E-state index contributed by atoms with van der Waals surface area (Å²) in [6.45, 7) is 5.37. The Morgan fingerprint density at radius 3 is 1.92 bits per heavy atom. The molecule has 12 heavy (non-hydrogen) atoms. The summed E-state index contributed by atoms with van der Waals surface area (Å²) < 4.78 is 0. The molecule has 1 rings (SSSR count). The lowest BCUT2D eigenvalue weighted by atomic mass is 10.1. The van der Waals surface area contributed by atoms with Gasteiger partial charge in [-0.25, -0.2) is 0 Å². The molecule has 0 spiro atoms. The van der Waals surface area contributed by atoms with E-state index in [0.29, 0.717) is 11.1 Å². The van der Waals surface area contributed by atoms with Crippen LogP contribution >= 0.6 is 0 Å². The number of hydrogen-bond acceptors (Lipinski definition) is 3. The van der Waals surface area contributed by atoms with Crippen LogP contribution in [0.3, 0.4) is 0 Å². The molecule has 0 amide bonds. The third-order valence-corrected chi connectivity index (χ3v) is 1.56. The molecule has 0 aliphatic rings. The predicted molar refractivity (Wildman–Crippen MR) is 46.1 cm³/mol. The second-order valence-electron chi connectivity index (χ2n) is 2.64. The van der Waals surface area contributed by atoms with Gasteiger partial charge in [-0.3, -0.25) is 0 Å². The minimum absolute atomic E-state index is 0.340. The summed E-state index contributed by atoms with van der Waals surface area (Å²) in [5, 5.41) is 27.1. The molecule has 0 aromatic heterocycles. The van der Waals surface area contributed by atoms with Crippen molar-refractivity contribution in [1.82, 2.24) is 0 Å². The SMILES string of the molecule is C=C(C)c1cc(O)c(O)c(O)c1. The summed E-state index contributed by atoms with van der Waals surface area (Å²) in [7, 11) is 0. The zero-order chi connectivity index (χ0) is 9.30. The van der Waals surface area contributed by atoms with Gasteiger partial charge in [0, 0.05) is 0 Å². The first-order chi connectivity index (χ1) is 5.52. The minimum atomic E-state index is -0.500. The molecule has 0 aliphatic heterocycles. The smallest absolute Gasteiger partial charge is 0.200 e. The van der Waals surface area contributed by atoms with Crippen LogP contribution in [0, 0.1) is 0 Å². The van der Waals surface area contributed by atoms with Crippen LogP contribution in [0.15, 0.2) is 18.7 Å². The van der Waals surface area contributed by atoms with Crippen molar-refractivity contribution < 1.29 is 15.3 Å². The Labute approximate surface area is 70.2 Å². The van der Waals surface area contributed by atoms with Gasteiger partial charge >= 0.3 is 0 Å². The second-order valence-corrected chi connectivity index (χ2v) is 2.64. The Bertz CT molecular complexity index is 306. The molecule has 0 bridgehead atoms. The van der Waals surface area contributed by atoms with E-state index in [0.717, 1.165) is 0 Å². The van der Waals surface area contributed by atoms with E-state index >= 15 is 0 Å². The fraction of sp³-hybridized carbons (Fsp3) is 0.111. The van der Waals surface area contributed by atoms with E-state index in [2.05, 4.69) is 6.58 Å². The molecule has 1 aromatic carbocycles.